The van der Waals surface area contributed by atoms with Gasteiger partial charge in [-0.3, -0.25) is 4.79 Å². The molecule has 162 valence electrons. The van der Waals surface area contributed by atoms with Gasteiger partial charge >= 0.3 is 0 Å². The van der Waals surface area contributed by atoms with Crippen LogP contribution in [-0.2, 0) is 11.4 Å². The molecule has 32 heavy (non-hydrogen) atoms. The number of rotatable bonds is 8. The molecule has 3 aromatic carbocycles. The van der Waals surface area contributed by atoms with Crippen LogP contribution in [0.3, 0.4) is 0 Å². The van der Waals surface area contributed by atoms with Crippen LogP contribution in [0.4, 0.5) is 5.69 Å². The molecule has 0 radical (unpaired) electrons. The zero-order valence-electron chi connectivity index (χ0n) is 17.9. The van der Waals surface area contributed by atoms with Gasteiger partial charge in [-0.05, 0) is 61.4 Å². The van der Waals surface area contributed by atoms with Crippen LogP contribution in [-0.4, -0.2) is 22.7 Å². The predicted octanol–water partition coefficient (Wildman–Crippen LogP) is 4.95. The Bertz CT molecular complexity index is 1180. The zero-order valence-corrected chi connectivity index (χ0v) is 17.9. The Kier molecular flexibility index (Phi) is 6.46. The second kappa shape index (κ2) is 9.78. The van der Waals surface area contributed by atoms with E-state index in [0.717, 1.165) is 16.9 Å². The summed E-state index contributed by atoms with van der Waals surface area (Å²) in [5, 5.41) is 6.82. The summed E-state index contributed by atoms with van der Waals surface area (Å²) in [7, 11) is 0. The normalized spacial score (nSPS) is 10.6. The van der Waals surface area contributed by atoms with Gasteiger partial charge in [-0.25, -0.2) is 0 Å². The molecule has 1 N–H and O–H groups in total. The monoisotopic (exact) mass is 429 g/mol. The van der Waals surface area contributed by atoms with E-state index in [-0.39, 0.29) is 19.1 Å². The van der Waals surface area contributed by atoms with Crippen molar-refractivity contribution in [1.82, 2.24) is 10.1 Å². The number of carbonyl (C=O) groups excluding carboxylic acids is 1. The number of hydrogen-bond donors (Lipinski definition) is 1. The molecule has 4 rings (SSSR count). The number of aromatic nitrogens is 2. The molecule has 1 amide bonds. The number of benzene rings is 3. The van der Waals surface area contributed by atoms with Crippen molar-refractivity contribution < 1.29 is 18.8 Å². The lowest BCUT2D eigenvalue weighted by Gasteiger charge is -2.10. The first-order chi connectivity index (χ1) is 15.6. The third-order valence-electron chi connectivity index (χ3n) is 4.58. The van der Waals surface area contributed by atoms with Gasteiger partial charge in [0.15, 0.2) is 13.2 Å². The topological polar surface area (TPSA) is 86.5 Å². The third kappa shape index (κ3) is 5.51. The highest BCUT2D eigenvalue weighted by Crippen LogP contribution is 2.26. The zero-order chi connectivity index (χ0) is 22.3. The number of carbonyl (C=O) groups is 1. The largest absolute Gasteiger partial charge is 0.485 e. The van der Waals surface area contributed by atoms with E-state index in [9.17, 15) is 4.79 Å². The highest BCUT2D eigenvalue weighted by Gasteiger charge is 2.15. The molecule has 0 bridgehead atoms. The number of nitrogens with one attached hydrogen (secondary N) is 1. The summed E-state index contributed by atoms with van der Waals surface area (Å²) in [6.07, 6.45) is 0. The standard InChI is InChI=1S/C25H23N3O4/c1-17-12-18(2)14-20(13-17)31-16-24(29)26-22-11-7-6-10-21(22)25-27-23(28-32-25)15-30-19-8-4-3-5-9-19/h3-14H,15-16H2,1-2H3,(H,26,29). The lowest BCUT2D eigenvalue weighted by Crippen LogP contribution is -2.20. The van der Waals surface area contributed by atoms with Crippen molar-refractivity contribution in [1.29, 1.82) is 0 Å². The fourth-order valence-corrected chi connectivity index (χ4v) is 3.22. The summed E-state index contributed by atoms with van der Waals surface area (Å²) in [4.78, 5) is 16.9. The van der Waals surface area contributed by atoms with E-state index < -0.39 is 0 Å². The molecule has 0 atom stereocenters. The molecule has 4 aromatic rings. The van der Waals surface area contributed by atoms with Crippen LogP contribution in [0, 0.1) is 13.8 Å². The predicted molar refractivity (Wildman–Crippen MR) is 121 cm³/mol. The number of anilines is 1. The highest BCUT2D eigenvalue weighted by molar-refractivity contribution is 5.95. The van der Waals surface area contributed by atoms with Gasteiger partial charge in [0, 0.05) is 0 Å². The number of aryl methyl sites for hydroxylation is 2. The van der Waals surface area contributed by atoms with Gasteiger partial charge in [-0.15, -0.1) is 0 Å². The molecule has 0 aliphatic rings. The van der Waals surface area contributed by atoms with Gasteiger partial charge in [0.25, 0.3) is 11.8 Å². The minimum absolute atomic E-state index is 0.114. The Morgan fingerprint density at radius 1 is 0.906 bits per heavy atom. The number of para-hydroxylation sites is 2. The Balaban J connectivity index is 1.40. The summed E-state index contributed by atoms with van der Waals surface area (Å²) in [5.41, 5.74) is 3.33. The molecule has 1 heterocycles. The van der Waals surface area contributed by atoms with Crippen molar-refractivity contribution in [3.05, 3.63) is 89.7 Å². The first kappa shape index (κ1) is 21.1. The third-order valence-corrected chi connectivity index (χ3v) is 4.58. The quantitative estimate of drug-likeness (QED) is 0.426. The molecule has 7 heteroatoms. The van der Waals surface area contributed by atoms with Gasteiger partial charge in [-0.1, -0.05) is 41.6 Å². The van der Waals surface area contributed by atoms with Crippen molar-refractivity contribution in [3.8, 4) is 23.0 Å². The number of hydrogen-bond acceptors (Lipinski definition) is 6. The first-order valence-corrected chi connectivity index (χ1v) is 10.2. The van der Waals surface area contributed by atoms with Crippen LogP contribution in [0.1, 0.15) is 17.0 Å². The van der Waals surface area contributed by atoms with Gasteiger partial charge in [-0.2, -0.15) is 4.98 Å². The van der Waals surface area contributed by atoms with Crippen molar-refractivity contribution in [2.75, 3.05) is 11.9 Å². The molecule has 0 aliphatic carbocycles. The SMILES string of the molecule is Cc1cc(C)cc(OCC(=O)Nc2ccccc2-c2nc(COc3ccccc3)no2)c1. The van der Waals surface area contributed by atoms with Crippen LogP contribution in [0.2, 0.25) is 0 Å². The lowest BCUT2D eigenvalue weighted by molar-refractivity contribution is -0.118. The van der Waals surface area contributed by atoms with Crippen molar-refractivity contribution in [2.24, 2.45) is 0 Å². The van der Waals surface area contributed by atoms with Crippen LogP contribution >= 0.6 is 0 Å². The molecule has 0 fully saturated rings. The molecular weight excluding hydrogens is 406 g/mol. The summed E-state index contributed by atoms with van der Waals surface area (Å²) in [6.45, 7) is 4.03. The molecule has 1 aromatic heterocycles. The lowest BCUT2D eigenvalue weighted by atomic mass is 10.1. The highest BCUT2D eigenvalue weighted by atomic mass is 16.5. The summed E-state index contributed by atoms with van der Waals surface area (Å²) < 4.78 is 16.7. The van der Waals surface area contributed by atoms with Crippen LogP contribution < -0.4 is 14.8 Å². The maximum atomic E-state index is 12.5. The van der Waals surface area contributed by atoms with E-state index in [0.29, 0.717) is 28.7 Å². The second-order valence-corrected chi connectivity index (χ2v) is 7.32. The summed E-state index contributed by atoms with van der Waals surface area (Å²) >= 11 is 0. The first-order valence-electron chi connectivity index (χ1n) is 10.2. The molecule has 0 saturated heterocycles. The minimum atomic E-state index is -0.288. The maximum Gasteiger partial charge on any atom is 0.262 e. The van der Waals surface area contributed by atoms with Gasteiger partial charge in [0.1, 0.15) is 11.5 Å². The number of ether oxygens (including phenoxy) is 2. The van der Waals surface area contributed by atoms with Crippen LogP contribution in [0.25, 0.3) is 11.5 Å². The van der Waals surface area contributed by atoms with E-state index in [2.05, 4.69) is 15.5 Å². The van der Waals surface area contributed by atoms with E-state index >= 15 is 0 Å². The summed E-state index contributed by atoms with van der Waals surface area (Å²) in [6, 6.07) is 22.5. The molecule has 0 spiro atoms. The average molecular weight is 429 g/mol. The average Bonchev–Trinajstić information content (AvgIpc) is 3.26. The van der Waals surface area contributed by atoms with Crippen molar-refractivity contribution in [2.45, 2.75) is 20.5 Å². The summed E-state index contributed by atoms with van der Waals surface area (Å²) in [5.74, 6) is 1.79. The number of amides is 1. The van der Waals surface area contributed by atoms with Gasteiger partial charge in [0.2, 0.25) is 5.82 Å². The Morgan fingerprint density at radius 2 is 1.62 bits per heavy atom. The molecule has 0 aliphatic heterocycles. The fraction of sp³-hybridized carbons (Fsp3) is 0.160. The maximum absolute atomic E-state index is 12.5. The smallest absolute Gasteiger partial charge is 0.262 e. The molecular formula is C25H23N3O4. The van der Waals surface area contributed by atoms with E-state index in [1.807, 2.05) is 74.5 Å². The Hall–Kier alpha value is -4.13. The van der Waals surface area contributed by atoms with E-state index in [1.54, 1.807) is 12.1 Å². The Labute approximate surface area is 186 Å². The molecule has 7 nitrogen and oxygen atoms in total. The second-order valence-electron chi connectivity index (χ2n) is 7.32. The Morgan fingerprint density at radius 3 is 2.41 bits per heavy atom. The van der Waals surface area contributed by atoms with Gasteiger partial charge < -0.3 is 19.3 Å². The molecule has 0 saturated carbocycles. The fourth-order valence-electron chi connectivity index (χ4n) is 3.22. The minimum Gasteiger partial charge on any atom is -0.485 e. The van der Waals surface area contributed by atoms with E-state index in [4.69, 9.17) is 14.0 Å². The van der Waals surface area contributed by atoms with Crippen LogP contribution in [0.5, 0.6) is 11.5 Å². The van der Waals surface area contributed by atoms with Gasteiger partial charge in [0.05, 0.1) is 11.3 Å². The van der Waals surface area contributed by atoms with Crippen molar-refractivity contribution >= 4 is 11.6 Å². The van der Waals surface area contributed by atoms with E-state index in [1.165, 1.54) is 0 Å². The van der Waals surface area contributed by atoms with Crippen LogP contribution in [0.15, 0.2) is 77.3 Å². The molecule has 0 unspecified atom stereocenters. The van der Waals surface area contributed by atoms with Crippen molar-refractivity contribution in [3.63, 3.8) is 0 Å². The number of nitrogens with zero attached hydrogens (tertiary/aromatic N) is 2.